The van der Waals surface area contributed by atoms with Gasteiger partial charge in [-0.05, 0) is 12.5 Å². The van der Waals surface area contributed by atoms with Crippen LogP contribution in [0.2, 0.25) is 5.02 Å². The van der Waals surface area contributed by atoms with E-state index >= 15 is 0 Å². The molecule has 0 aliphatic carbocycles. The molecule has 7 heteroatoms. The number of ether oxygens (including phenoxy) is 1. The van der Waals surface area contributed by atoms with Gasteiger partial charge >= 0.3 is 0 Å². The van der Waals surface area contributed by atoms with Gasteiger partial charge in [0, 0.05) is 31.3 Å². The second-order valence-electron chi connectivity index (χ2n) is 4.47. The lowest BCUT2D eigenvalue weighted by Gasteiger charge is -2.37. The largest absolute Gasteiger partial charge is 0.756 e. The number of amides is 1. The highest BCUT2D eigenvalue weighted by Gasteiger charge is 2.21. The summed E-state index contributed by atoms with van der Waals surface area (Å²) in [6.07, 6.45) is 2.68. The molecule has 1 amide bonds. The average molecular weight is 297 g/mol. The molecule has 1 aliphatic heterocycles. The Morgan fingerprint density at radius 2 is 2.35 bits per heavy atom. The number of nitrogens with zero attached hydrogens (tertiary/aromatic N) is 2. The molecule has 0 saturated carbocycles. The molecule has 0 aromatic heterocycles. The zero-order chi connectivity index (χ0) is 14.7. The van der Waals surface area contributed by atoms with E-state index in [1.165, 1.54) is 19.2 Å². The second kappa shape index (κ2) is 6.11. The molecular formula is C13H15ClN3O3-. The number of carbonyl (C=O) groups is 1. The van der Waals surface area contributed by atoms with Gasteiger partial charge in [0.15, 0.2) is 0 Å². The topological polar surface area (TPSA) is 91.0 Å². The third-order valence-corrected chi connectivity index (χ3v) is 3.51. The third-order valence-electron chi connectivity index (χ3n) is 3.18. The maximum Gasteiger partial charge on any atom is 0.247 e. The number of benzene rings is 1. The molecule has 1 heterocycles. The number of aliphatic imine (C=N–C) groups is 1. The van der Waals surface area contributed by atoms with Crippen LogP contribution in [0.15, 0.2) is 17.1 Å². The summed E-state index contributed by atoms with van der Waals surface area (Å²) in [5.74, 6) is -0.439. The summed E-state index contributed by atoms with van der Waals surface area (Å²) in [4.78, 5) is 16.3. The number of hydroxylamine groups is 2. The van der Waals surface area contributed by atoms with Gasteiger partial charge in [-0.25, -0.2) is 0 Å². The molecule has 2 rings (SSSR count). The maximum atomic E-state index is 12.3. The van der Waals surface area contributed by atoms with Crippen molar-refractivity contribution in [2.24, 2.45) is 4.99 Å². The molecule has 1 atom stereocenters. The van der Waals surface area contributed by atoms with Gasteiger partial charge in [0.25, 0.3) is 0 Å². The zero-order valence-corrected chi connectivity index (χ0v) is 11.8. The number of anilines is 1. The van der Waals surface area contributed by atoms with Gasteiger partial charge < -0.3 is 20.7 Å². The fourth-order valence-electron chi connectivity index (χ4n) is 2.03. The summed E-state index contributed by atoms with van der Waals surface area (Å²) >= 11 is 5.90. The van der Waals surface area contributed by atoms with Crippen molar-refractivity contribution in [1.82, 2.24) is 5.06 Å². The highest BCUT2D eigenvalue weighted by atomic mass is 35.5. The van der Waals surface area contributed by atoms with Crippen molar-refractivity contribution in [2.75, 3.05) is 19.4 Å². The Morgan fingerprint density at radius 3 is 2.95 bits per heavy atom. The molecule has 0 bridgehead atoms. The molecule has 1 aliphatic rings. The van der Waals surface area contributed by atoms with Crippen LogP contribution in [0.3, 0.4) is 0 Å². The van der Waals surface area contributed by atoms with E-state index in [-0.39, 0.29) is 16.3 Å². The van der Waals surface area contributed by atoms with Crippen molar-refractivity contribution >= 4 is 29.4 Å². The second-order valence-corrected chi connectivity index (χ2v) is 4.88. The molecule has 1 aromatic carbocycles. The van der Waals surface area contributed by atoms with Gasteiger partial charge in [-0.3, -0.25) is 9.79 Å². The minimum absolute atomic E-state index is 0.115. The van der Waals surface area contributed by atoms with E-state index in [9.17, 15) is 10.0 Å². The van der Waals surface area contributed by atoms with Gasteiger partial charge in [0.05, 0.1) is 23.4 Å². The van der Waals surface area contributed by atoms with Crippen LogP contribution < -0.4 is 10.5 Å². The molecule has 0 spiro atoms. The number of rotatable bonds is 3. The van der Waals surface area contributed by atoms with E-state index in [0.717, 1.165) is 0 Å². The Morgan fingerprint density at radius 1 is 1.60 bits per heavy atom. The standard InChI is InChI=1S/C13H15ClN3O3/c1-20-12-7-11(15)10(14)6-9(12)13(18)17(19)8-2-4-16-5-3-8/h4,6-8H,2-3,5,15H2,1H3/q-1. The predicted octanol–water partition coefficient (Wildman–Crippen LogP) is 2.10. The smallest absolute Gasteiger partial charge is 0.247 e. The molecule has 2 N–H and O–H groups in total. The number of nitrogens with two attached hydrogens (primary N) is 1. The predicted molar refractivity (Wildman–Crippen MR) is 78.3 cm³/mol. The highest BCUT2D eigenvalue weighted by Crippen LogP contribution is 2.30. The fraction of sp³-hybridized carbons (Fsp3) is 0.385. The van der Waals surface area contributed by atoms with Gasteiger partial charge in [0.1, 0.15) is 5.75 Å². The molecule has 108 valence electrons. The first-order valence-electron chi connectivity index (χ1n) is 6.16. The highest BCUT2D eigenvalue weighted by molar-refractivity contribution is 6.33. The van der Waals surface area contributed by atoms with E-state index in [1.54, 1.807) is 6.21 Å². The van der Waals surface area contributed by atoms with Crippen molar-refractivity contribution in [3.63, 3.8) is 0 Å². The number of carbonyl (C=O) groups excluding carboxylic acids is 1. The van der Waals surface area contributed by atoms with Crippen LogP contribution in [-0.2, 0) is 0 Å². The third kappa shape index (κ3) is 2.86. The Bertz CT molecular complexity index is 548. The summed E-state index contributed by atoms with van der Waals surface area (Å²) in [6.45, 7) is 0.552. The van der Waals surface area contributed by atoms with Crippen molar-refractivity contribution in [2.45, 2.75) is 18.9 Å². The number of nitrogen functional groups attached to an aromatic ring is 1. The quantitative estimate of drug-likeness (QED) is 0.683. The first-order chi connectivity index (χ1) is 9.54. The van der Waals surface area contributed by atoms with Crippen molar-refractivity contribution in [3.8, 4) is 5.75 Å². The molecule has 1 unspecified atom stereocenters. The summed E-state index contributed by atoms with van der Waals surface area (Å²) in [7, 11) is 1.40. The lowest BCUT2D eigenvalue weighted by molar-refractivity contribution is 0.0763. The Balaban J connectivity index is 2.28. The van der Waals surface area contributed by atoms with Gasteiger partial charge in [-0.15, -0.1) is 0 Å². The van der Waals surface area contributed by atoms with Crippen molar-refractivity contribution in [3.05, 3.63) is 27.9 Å². The summed E-state index contributed by atoms with van der Waals surface area (Å²) in [6, 6.07) is 2.40. The van der Waals surface area contributed by atoms with Gasteiger partial charge in [0.2, 0.25) is 5.91 Å². The van der Waals surface area contributed by atoms with Crippen LogP contribution >= 0.6 is 11.6 Å². The monoisotopic (exact) mass is 296 g/mol. The minimum atomic E-state index is -0.677. The van der Waals surface area contributed by atoms with Crippen LogP contribution in [0.5, 0.6) is 5.75 Å². The molecule has 1 aromatic rings. The van der Waals surface area contributed by atoms with E-state index in [2.05, 4.69) is 4.99 Å². The number of hydrogen-bond acceptors (Lipinski definition) is 5. The first-order valence-corrected chi connectivity index (χ1v) is 6.54. The zero-order valence-electron chi connectivity index (χ0n) is 11.0. The van der Waals surface area contributed by atoms with E-state index < -0.39 is 11.9 Å². The molecule has 0 radical (unpaired) electrons. The number of halogens is 1. The number of methoxy groups -OCH3 is 1. The maximum absolute atomic E-state index is 12.3. The summed E-state index contributed by atoms with van der Waals surface area (Å²) < 4.78 is 5.09. The van der Waals surface area contributed by atoms with Gasteiger partial charge in [-0.1, -0.05) is 11.6 Å². The SMILES string of the molecule is COc1cc(N)c(Cl)cc1C(=O)N([O-])C1CC=NCC1. The average Bonchev–Trinajstić information content (AvgIpc) is 2.49. The van der Waals surface area contributed by atoms with Crippen LogP contribution in [0, 0.1) is 5.21 Å². The summed E-state index contributed by atoms with van der Waals surface area (Å²) in [5.41, 5.74) is 6.06. The molecule has 20 heavy (non-hydrogen) atoms. The normalized spacial score (nSPS) is 17.9. The Hall–Kier alpha value is -1.79. The lowest BCUT2D eigenvalue weighted by Crippen LogP contribution is -2.37. The molecule has 0 saturated heterocycles. The van der Waals surface area contributed by atoms with Crippen LogP contribution in [0.4, 0.5) is 5.69 Å². The van der Waals surface area contributed by atoms with Crippen molar-refractivity contribution in [1.29, 1.82) is 0 Å². The summed E-state index contributed by atoms with van der Waals surface area (Å²) in [5, 5.41) is 12.8. The first kappa shape index (κ1) is 14.6. The fourth-order valence-corrected chi connectivity index (χ4v) is 2.20. The molecule has 6 nitrogen and oxygen atoms in total. The minimum Gasteiger partial charge on any atom is -0.756 e. The van der Waals surface area contributed by atoms with Crippen LogP contribution in [-0.4, -0.2) is 36.9 Å². The number of hydrogen-bond donors (Lipinski definition) is 1. The lowest BCUT2D eigenvalue weighted by atomic mass is 10.1. The van der Waals surface area contributed by atoms with Crippen molar-refractivity contribution < 1.29 is 9.53 Å². The van der Waals surface area contributed by atoms with E-state index in [4.69, 9.17) is 22.1 Å². The van der Waals surface area contributed by atoms with E-state index in [0.29, 0.717) is 30.1 Å². The van der Waals surface area contributed by atoms with Crippen LogP contribution in [0.1, 0.15) is 23.2 Å². The van der Waals surface area contributed by atoms with Gasteiger partial charge in [-0.2, -0.15) is 0 Å². The molecule has 0 fully saturated rings. The Kier molecular flexibility index (Phi) is 4.46. The van der Waals surface area contributed by atoms with E-state index in [1.807, 2.05) is 0 Å². The Labute approximate surface area is 121 Å². The van der Waals surface area contributed by atoms with Crippen LogP contribution in [0.25, 0.3) is 0 Å². The molecular weight excluding hydrogens is 282 g/mol.